The van der Waals surface area contributed by atoms with Crippen molar-refractivity contribution in [1.82, 2.24) is 14.5 Å². The van der Waals surface area contributed by atoms with E-state index in [-0.39, 0.29) is 0 Å². The van der Waals surface area contributed by atoms with E-state index in [4.69, 9.17) is 9.97 Å². The van der Waals surface area contributed by atoms with Crippen molar-refractivity contribution in [1.29, 1.82) is 0 Å². The van der Waals surface area contributed by atoms with Gasteiger partial charge in [-0.1, -0.05) is 133 Å². The normalized spacial score (nSPS) is 14.2. The maximum Gasteiger partial charge on any atom is 0.235 e. The number of nitrogens with zero attached hydrogens (tertiary/aromatic N) is 3. The first kappa shape index (κ1) is 26.7. The number of benzene rings is 7. The zero-order valence-electron chi connectivity index (χ0n) is 26.6. The smallest absolute Gasteiger partial charge is 0.235 e. The molecule has 1 unspecified atom stereocenters. The summed E-state index contributed by atoms with van der Waals surface area (Å²) in [6.07, 6.45) is 1.00. The highest BCUT2D eigenvalue weighted by Crippen LogP contribution is 2.57. The minimum absolute atomic E-state index is 0.309. The number of hydrogen-bond donors (Lipinski definition) is 0. The Morgan fingerprint density at radius 3 is 2.08 bits per heavy atom. The van der Waals surface area contributed by atoms with E-state index in [0.717, 1.165) is 34.1 Å². The maximum atomic E-state index is 5.45. The fraction of sp³-hybridized carbons (Fsp3) is 0.0435. The van der Waals surface area contributed by atoms with E-state index < -0.39 is 0 Å². The number of aromatic nitrogens is 3. The molecular weight excluding hydrogens is 595 g/mol. The van der Waals surface area contributed by atoms with Gasteiger partial charge in [-0.3, -0.25) is 4.57 Å². The zero-order chi connectivity index (χ0) is 32.1. The van der Waals surface area contributed by atoms with Crippen molar-refractivity contribution >= 4 is 32.7 Å². The lowest BCUT2D eigenvalue weighted by Gasteiger charge is -2.27. The fourth-order valence-corrected chi connectivity index (χ4v) is 8.62. The van der Waals surface area contributed by atoms with Crippen molar-refractivity contribution in [3.05, 3.63) is 174 Å². The van der Waals surface area contributed by atoms with Crippen LogP contribution < -0.4 is 0 Å². The lowest BCUT2D eigenvalue weighted by molar-refractivity contribution is 0.816. The SMILES string of the molecule is c1ccc(-c2ccc3c(c2)c2cc4c5c(c2n3-c2nc(-c3ccccc3)c3ccccc3n2)-c2ccccc2CC5c2ccccc2-4)cc1. The molecule has 0 saturated heterocycles. The summed E-state index contributed by atoms with van der Waals surface area (Å²) in [6, 6.07) is 57.0. The predicted octanol–water partition coefficient (Wildman–Crippen LogP) is 11.4. The highest BCUT2D eigenvalue weighted by atomic mass is 15.2. The maximum absolute atomic E-state index is 5.45. The molecule has 228 valence electrons. The van der Waals surface area contributed by atoms with Crippen LogP contribution in [0.3, 0.4) is 0 Å². The Kier molecular flexibility index (Phi) is 5.50. The van der Waals surface area contributed by atoms with Crippen LogP contribution in [0.4, 0.5) is 0 Å². The van der Waals surface area contributed by atoms with Crippen LogP contribution in [0.15, 0.2) is 158 Å². The van der Waals surface area contributed by atoms with Crippen molar-refractivity contribution in [2.45, 2.75) is 12.3 Å². The van der Waals surface area contributed by atoms with E-state index in [1.54, 1.807) is 0 Å². The van der Waals surface area contributed by atoms with Gasteiger partial charge in [-0.2, -0.15) is 0 Å². The molecule has 2 aromatic heterocycles. The Labute approximate surface area is 283 Å². The summed E-state index contributed by atoms with van der Waals surface area (Å²) < 4.78 is 2.36. The number of para-hydroxylation sites is 1. The van der Waals surface area contributed by atoms with Gasteiger partial charge >= 0.3 is 0 Å². The van der Waals surface area contributed by atoms with E-state index in [9.17, 15) is 0 Å². The summed E-state index contributed by atoms with van der Waals surface area (Å²) in [4.78, 5) is 10.8. The van der Waals surface area contributed by atoms with E-state index >= 15 is 0 Å². The van der Waals surface area contributed by atoms with Crippen molar-refractivity contribution in [2.75, 3.05) is 0 Å². The summed E-state index contributed by atoms with van der Waals surface area (Å²) in [5.74, 6) is 1.00. The molecule has 0 fully saturated rings. The topological polar surface area (TPSA) is 30.7 Å². The Hall–Kier alpha value is -6.32. The number of rotatable bonds is 3. The second kappa shape index (κ2) is 10.1. The van der Waals surface area contributed by atoms with E-state index in [1.165, 1.54) is 66.4 Å². The van der Waals surface area contributed by atoms with Gasteiger partial charge in [0.25, 0.3) is 0 Å². The average molecular weight is 624 g/mol. The minimum atomic E-state index is 0.309. The summed E-state index contributed by atoms with van der Waals surface area (Å²) in [7, 11) is 0. The molecule has 0 N–H and O–H groups in total. The lowest BCUT2D eigenvalue weighted by atomic mass is 9.77. The Balaban J connectivity index is 1.33. The molecule has 49 heavy (non-hydrogen) atoms. The standard InChI is InChI=1S/C46H29N3/c1-3-13-28(14-4-1)30-23-24-41-36(25-30)39-27-38-34-20-10-9-19-33(34)37-26-31-17-7-8-18-32(31)43(42(37)38)45(39)49(41)46-47-40-22-12-11-21-35(40)44(48-46)29-15-5-2-6-16-29/h1-25,27,37H,26H2. The molecule has 0 bridgehead atoms. The molecule has 0 saturated carbocycles. The first-order valence-electron chi connectivity index (χ1n) is 17.0. The number of fused-ring (bicyclic) bond motifs is 10. The van der Waals surface area contributed by atoms with Crippen LogP contribution >= 0.6 is 0 Å². The van der Waals surface area contributed by atoms with Gasteiger partial charge in [-0.15, -0.1) is 0 Å². The quantitative estimate of drug-likeness (QED) is 0.196. The van der Waals surface area contributed by atoms with Gasteiger partial charge in [0.15, 0.2) is 0 Å². The Morgan fingerprint density at radius 2 is 1.22 bits per heavy atom. The molecule has 2 heterocycles. The van der Waals surface area contributed by atoms with Crippen LogP contribution in [0.2, 0.25) is 0 Å². The molecule has 1 atom stereocenters. The molecule has 0 radical (unpaired) electrons. The molecule has 9 aromatic rings. The van der Waals surface area contributed by atoms with Gasteiger partial charge in [-0.05, 0) is 75.2 Å². The summed E-state index contributed by atoms with van der Waals surface area (Å²) in [5.41, 5.74) is 17.2. The third-order valence-electron chi connectivity index (χ3n) is 10.7. The average Bonchev–Trinajstić information content (AvgIpc) is 3.67. The molecule has 0 aliphatic heterocycles. The molecule has 2 aliphatic carbocycles. The fourth-order valence-electron chi connectivity index (χ4n) is 8.62. The third-order valence-corrected chi connectivity index (χ3v) is 10.7. The van der Waals surface area contributed by atoms with Crippen LogP contribution in [0.1, 0.15) is 22.6 Å². The third kappa shape index (κ3) is 3.78. The van der Waals surface area contributed by atoms with Gasteiger partial charge in [0.2, 0.25) is 5.95 Å². The molecule has 3 nitrogen and oxygen atoms in total. The second-order valence-corrected chi connectivity index (χ2v) is 13.3. The van der Waals surface area contributed by atoms with Gasteiger partial charge < -0.3 is 0 Å². The Bertz CT molecular complexity index is 2790. The molecule has 3 heteroatoms. The van der Waals surface area contributed by atoms with Crippen LogP contribution in [-0.2, 0) is 6.42 Å². The van der Waals surface area contributed by atoms with E-state index in [2.05, 4.69) is 162 Å². The van der Waals surface area contributed by atoms with Crippen molar-refractivity contribution in [3.8, 4) is 50.6 Å². The highest BCUT2D eigenvalue weighted by Gasteiger charge is 2.38. The summed E-state index contributed by atoms with van der Waals surface area (Å²) >= 11 is 0. The van der Waals surface area contributed by atoms with Gasteiger partial charge in [0, 0.05) is 33.2 Å². The van der Waals surface area contributed by atoms with Crippen molar-refractivity contribution < 1.29 is 0 Å². The van der Waals surface area contributed by atoms with Crippen molar-refractivity contribution in [3.63, 3.8) is 0 Å². The molecule has 11 rings (SSSR count). The minimum Gasteiger partial charge on any atom is -0.277 e. The largest absolute Gasteiger partial charge is 0.277 e. The van der Waals surface area contributed by atoms with Gasteiger partial charge in [-0.25, -0.2) is 9.97 Å². The molecule has 0 amide bonds. The van der Waals surface area contributed by atoms with Crippen molar-refractivity contribution in [2.24, 2.45) is 0 Å². The highest BCUT2D eigenvalue weighted by molar-refractivity contribution is 6.18. The summed E-state index contributed by atoms with van der Waals surface area (Å²) in [5, 5.41) is 3.48. The summed E-state index contributed by atoms with van der Waals surface area (Å²) in [6.45, 7) is 0. The molecule has 2 aliphatic rings. The molecular formula is C46H29N3. The van der Waals surface area contributed by atoms with Crippen LogP contribution in [-0.4, -0.2) is 14.5 Å². The zero-order valence-corrected chi connectivity index (χ0v) is 26.6. The van der Waals surface area contributed by atoms with Gasteiger partial charge in [0.1, 0.15) is 0 Å². The molecule has 7 aromatic carbocycles. The second-order valence-electron chi connectivity index (χ2n) is 13.3. The van der Waals surface area contributed by atoms with Crippen LogP contribution in [0.25, 0.3) is 83.3 Å². The Morgan fingerprint density at radius 1 is 0.510 bits per heavy atom. The lowest BCUT2D eigenvalue weighted by Crippen LogP contribution is -2.12. The number of hydrogen-bond acceptors (Lipinski definition) is 2. The van der Waals surface area contributed by atoms with E-state index in [1.807, 2.05) is 0 Å². The first-order chi connectivity index (χ1) is 24.3. The predicted molar refractivity (Wildman–Crippen MR) is 201 cm³/mol. The molecule has 0 spiro atoms. The van der Waals surface area contributed by atoms with E-state index in [0.29, 0.717) is 11.9 Å². The monoisotopic (exact) mass is 623 g/mol. The van der Waals surface area contributed by atoms with Crippen LogP contribution in [0.5, 0.6) is 0 Å². The van der Waals surface area contributed by atoms with Gasteiger partial charge in [0.05, 0.1) is 22.2 Å². The first-order valence-corrected chi connectivity index (χ1v) is 17.0. The van der Waals surface area contributed by atoms with Crippen LogP contribution in [0, 0.1) is 0 Å².